The van der Waals surface area contributed by atoms with E-state index in [9.17, 15) is 31.4 Å². The number of aliphatic hydroxyl groups is 1. The van der Waals surface area contributed by atoms with Crippen molar-refractivity contribution in [1.29, 1.82) is 5.26 Å². The lowest BCUT2D eigenvalue weighted by molar-refractivity contribution is -0.376. The number of aryl methyl sites for hydroxylation is 1. The molecule has 9 heteroatoms. The van der Waals surface area contributed by atoms with Gasteiger partial charge in [0.2, 0.25) is 0 Å². The molecule has 0 atom stereocenters. The Bertz CT molecular complexity index is 869. The standard InChI is InChI=1S/C19H15F6NO2/c1-2-5-12-10-14(17(27,18(20,21)22)19(23,24)25)8-9-16(12)28-15-7-4-3-6-13(15)11-26/h3-4,6-10,27H,2,5H2,1H3. The highest BCUT2D eigenvalue weighted by Gasteiger charge is 2.71. The van der Waals surface area contributed by atoms with Gasteiger partial charge in [-0.2, -0.15) is 31.6 Å². The van der Waals surface area contributed by atoms with Crippen LogP contribution in [0.2, 0.25) is 0 Å². The van der Waals surface area contributed by atoms with Crippen molar-refractivity contribution in [3.05, 3.63) is 59.2 Å². The van der Waals surface area contributed by atoms with E-state index in [4.69, 9.17) is 10.00 Å². The Balaban J connectivity index is 2.58. The summed E-state index contributed by atoms with van der Waals surface area (Å²) in [6.07, 6.45) is -11.4. The van der Waals surface area contributed by atoms with Gasteiger partial charge in [-0.15, -0.1) is 0 Å². The highest BCUT2D eigenvalue weighted by molar-refractivity contribution is 5.48. The lowest BCUT2D eigenvalue weighted by Gasteiger charge is -2.33. The van der Waals surface area contributed by atoms with Gasteiger partial charge >= 0.3 is 12.4 Å². The van der Waals surface area contributed by atoms with E-state index in [1.165, 1.54) is 12.1 Å². The molecule has 0 unspecified atom stereocenters. The van der Waals surface area contributed by atoms with Crippen LogP contribution in [0.15, 0.2) is 42.5 Å². The second kappa shape index (κ2) is 7.72. The number of alkyl halides is 6. The van der Waals surface area contributed by atoms with E-state index in [-0.39, 0.29) is 29.0 Å². The van der Waals surface area contributed by atoms with Gasteiger partial charge in [-0.25, -0.2) is 0 Å². The van der Waals surface area contributed by atoms with Crippen LogP contribution in [0.25, 0.3) is 0 Å². The minimum Gasteiger partial charge on any atom is -0.456 e. The minimum atomic E-state index is -5.97. The van der Waals surface area contributed by atoms with Crippen LogP contribution in [0.4, 0.5) is 26.3 Å². The van der Waals surface area contributed by atoms with E-state index in [0.29, 0.717) is 18.6 Å². The summed E-state index contributed by atoms with van der Waals surface area (Å²) in [7, 11) is 0. The Morgan fingerprint density at radius 2 is 1.57 bits per heavy atom. The van der Waals surface area contributed by atoms with Gasteiger partial charge in [0.1, 0.15) is 17.6 Å². The highest BCUT2D eigenvalue weighted by atomic mass is 19.4. The van der Waals surface area contributed by atoms with E-state index in [0.717, 1.165) is 6.07 Å². The molecule has 0 saturated carbocycles. The van der Waals surface area contributed by atoms with E-state index in [1.807, 2.05) is 6.07 Å². The molecule has 150 valence electrons. The molecule has 1 N–H and O–H groups in total. The molecule has 0 radical (unpaired) electrons. The van der Waals surface area contributed by atoms with Crippen LogP contribution in [-0.4, -0.2) is 17.5 Å². The average molecular weight is 403 g/mol. The molecule has 0 aromatic heterocycles. The minimum absolute atomic E-state index is 0.000000945. The van der Waals surface area contributed by atoms with E-state index in [1.54, 1.807) is 19.1 Å². The quantitative estimate of drug-likeness (QED) is 0.660. The topological polar surface area (TPSA) is 53.2 Å². The molecule has 0 amide bonds. The first-order valence-corrected chi connectivity index (χ1v) is 8.12. The summed E-state index contributed by atoms with van der Waals surface area (Å²) in [5.74, 6) is 0.108. The van der Waals surface area contributed by atoms with Gasteiger partial charge in [-0.3, -0.25) is 0 Å². The summed E-state index contributed by atoms with van der Waals surface area (Å²) in [5, 5.41) is 18.7. The summed E-state index contributed by atoms with van der Waals surface area (Å²) in [5.41, 5.74) is -6.17. The number of hydrogen-bond acceptors (Lipinski definition) is 3. The van der Waals surface area contributed by atoms with Crippen LogP contribution < -0.4 is 4.74 Å². The fraction of sp³-hybridized carbons (Fsp3) is 0.316. The van der Waals surface area contributed by atoms with Gasteiger partial charge in [0.25, 0.3) is 5.60 Å². The number of hydrogen-bond donors (Lipinski definition) is 1. The zero-order valence-corrected chi connectivity index (χ0v) is 14.5. The van der Waals surface area contributed by atoms with Crippen molar-refractivity contribution in [2.24, 2.45) is 0 Å². The van der Waals surface area contributed by atoms with E-state index >= 15 is 0 Å². The summed E-state index contributed by atoms with van der Waals surface area (Å²) in [6.45, 7) is 1.68. The summed E-state index contributed by atoms with van der Waals surface area (Å²) in [6, 6.07) is 10.0. The molecule has 2 aromatic carbocycles. The first-order chi connectivity index (χ1) is 13.0. The predicted octanol–water partition coefficient (Wildman–Crippen LogP) is 5.62. The van der Waals surface area contributed by atoms with Gasteiger partial charge in [-0.05, 0) is 36.2 Å². The second-order valence-electron chi connectivity index (χ2n) is 5.99. The summed E-state index contributed by atoms with van der Waals surface area (Å²) >= 11 is 0. The first kappa shape index (κ1) is 21.6. The molecule has 0 aliphatic heterocycles. The van der Waals surface area contributed by atoms with Crippen LogP contribution in [-0.2, 0) is 12.0 Å². The van der Waals surface area contributed by atoms with E-state index < -0.39 is 23.5 Å². The first-order valence-electron chi connectivity index (χ1n) is 8.12. The van der Waals surface area contributed by atoms with Crippen molar-refractivity contribution in [1.82, 2.24) is 0 Å². The Kier molecular flexibility index (Phi) is 5.94. The van der Waals surface area contributed by atoms with Gasteiger partial charge in [-0.1, -0.05) is 31.5 Å². The van der Waals surface area contributed by atoms with Gasteiger partial charge in [0.15, 0.2) is 0 Å². The average Bonchev–Trinajstić information content (AvgIpc) is 2.61. The molecule has 0 aliphatic rings. The molecule has 28 heavy (non-hydrogen) atoms. The molecule has 3 nitrogen and oxygen atoms in total. The summed E-state index contributed by atoms with van der Waals surface area (Å²) in [4.78, 5) is 0. The number of rotatable bonds is 5. The number of ether oxygens (including phenoxy) is 1. The Hall–Kier alpha value is -2.73. The van der Waals surface area contributed by atoms with Crippen LogP contribution in [0.1, 0.15) is 30.0 Å². The third kappa shape index (κ3) is 3.92. The van der Waals surface area contributed by atoms with Crippen LogP contribution >= 0.6 is 0 Å². The molecule has 0 spiro atoms. The van der Waals surface area contributed by atoms with E-state index in [2.05, 4.69) is 0 Å². The summed E-state index contributed by atoms with van der Waals surface area (Å²) < 4.78 is 84.2. The molecule has 2 aromatic rings. The van der Waals surface area contributed by atoms with Crippen molar-refractivity contribution in [3.8, 4) is 17.6 Å². The lowest BCUT2D eigenvalue weighted by Crippen LogP contribution is -2.53. The van der Waals surface area contributed by atoms with Crippen molar-refractivity contribution >= 4 is 0 Å². The predicted molar refractivity (Wildman–Crippen MR) is 87.7 cm³/mol. The highest BCUT2D eigenvalue weighted by Crippen LogP contribution is 2.50. The Labute approximate surface area is 156 Å². The fourth-order valence-corrected chi connectivity index (χ4v) is 2.62. The molecule has 0 aliphatic carbocycles. The maximum Gasteiger partial charge on any atom is 0.430 e. The van der Waals surface area contributed by atoms with Crippen molar-refractivity contribution in [2.45, 2.75) is 37.7 Å². The third-order valence-corrected chi connectivity index (χ3v) is 4.05. The number of nitriles is 1. The van der Waals surface area contributed by atoms with Gasteiger partial charge < -0.3 is 9.84 Å². The zero-order valence-electron chi connectivity index (χ0n) is 14.5. The van der Waals surface area contributed by atoms with Gasteiger partial charge in [0.05, 0.1) is 5.56 Å². The number of nitrogens with zero attached hydrogens (tertiary/aromatic N) is 1. The largest absolute Gasteiger partial charge is 0.456 e. The number of benzene rings is 2. The smallest absolute Gasteiger partial charge is 0.430 e. The molecule has 0 bridgehead atoms. The Morgan fingerprint density at radius 3 is 2.11 bits per heavy atom. The molecule has 2 rings (SSSR count). The molecular formula is C19H15F6NO2. The van der Waals surface area contributed by atoms with Crippen molar-refractivity contribution in [2.75, 3.05) is 0 Å². The van der Waals surface area contributed by atoms with Crippen molar-refractivity contribution < 1.29 is 36.2 Å². The number of para-hydroxylation sites is 1. The monoisotopic (exact) mass is 403 g/mol. The fourth-order valence-electron chi connectivity index (χ4n) is 2.62. The van der Waals surface area contributed by atoms with Crippen molar-refractivity contribution in [3.63, 3.8) is 0 Å². The molecular weight excluding hydrogens is 388 g/mol. The van der Waals surface area contributed by atoms with Crippen LogP contribution in [0.5, 0.6) is 11.5 Å². The van der Waals surface area contributed by atoms with Gasteiger partial charge in [0, 0.05) is 5.56 Å². The number of halogens is 6. The molecule has 0 saturated heterocycles. The Morgan fingerprint density at radius 1 is 0.964 bits per heavy atom. The SMILES string of the molecule is CCCc1cc(C(O)(C(F)(F)F)C(F)(F)F)ccc1Oc1ccccc1C#N. The maximum absolute atomic E-state index is 13.1. The molecule has 0 fully saturated rings. The second-order valence-corrected chi connectivity index (χ2v) is 5.99. The lowest BCUT2D eigenvalue weighted by atomic mass is 9.90. The molecule has 0 heterocycles. The maximum atomic E-state index is 13.1. The third-order valence-electron chi connectivity index (χ3n) is 4.05. The normalized spacial score (nSPS) is 12.5. The van der Waals surface area contributed by atoms with Crippen LogP contribution in [0.3, 0.4) is 0 Å². The zero-order chi connectivity index (χ0) is 21.2. The van der Waals surface area contributed by atoms with Crippen LogP contribution in [0, 0.1) is 11.3 Å².